The zero-order valence-corrected chi connectivity index (χ0v) is 8.92. The molecule has 1 aromatic carbocycles. The van der Waals surface area contributed by atoms with Crippen molar-refractivity contribution in [3.05, 3.63) is 28.0 Å². The first-order valence-electron chi connectivity index (χ1n) is 3.97. The van der Waals surface area contributed by atoms with E-state index < -0.39 is 5.97 Å². The molecule has 0 aliphatic heterocycles. The van der Waals surface area contributed by atoms with Gasteiger partial charge in [-0.25, -0.2) is 9.78 Å². The molecule has 0 saturated heterocycles. The van der Waals surface area contributed by atoms with E-state index in [2.05, 4.69) is 25.9 Å². The van der Waals surface area contributed by atoms with Crippen LogP contribution in [0.3, 0.4) is 0 Å². The minimum atomic E-state index is -0.927. The normalized spacial score (nSPS) is 10.7. The second-order valence-electron chi connectivity index (χ2n) is 2.97. The Bertz CT molecular complexity index is 519. The summed E-state index contributed by atoms with van der Waals surface area (Å²) in [5.41, 5.74) is 2.49. The highest BCUT2D eigenvalue weighted by atomic mass is 79.9. The molecule has 0 unspecified atom stereocenters. The van der Waals surface area contributed by atoms with Gasteiger partial charge in [-0.1, -0.05) is 0 Å². The molecule has 72 valence electrons. The molecule has 4 nitrogen and oxygen atoms in total. The zero-order valence-electron chi connectivity index (χ0n) is 7.34. The fraction of sp³-hybridized carbons (Fsp3) is 0.111. The molecule has 1 heterocycles. The SMILES string of the molecule is Cc1c(C(=O)O)ccc2[nH]c(Br)nc12. The predicted molar refractivity (Wildman–Crippen MR) is 55.5 cm³/mol. The van der Waals surface area contributed by atoms with Crippen LogP contribution >= 0.6 is 15.9 Å². The number of hydrogen-bond acceptors (Lipinski definition) is 2. The van der Waals surface area contributed by atoms with Crippen molar-refractivity contribution in [3.8, 4) is 0 Å². The number of carboxylic acid groups (broad SMARTS) is 1. The summed E-state index contributed by atoms with van der Waals surface area (Å²) in [4.78, 5) is 18.0. The van der Waals surface area contributed by atoms with Crippen LogP contribution in [0.1, 0.15) is 15.9 Å². The molecule has 0 amide bonds. The Hall–Kier alpha value is -1.36. The number of benzene rings is 1. The van der Waals surface area contributed by atoms with E-state index in [0.717, 1.165) is 5.52 Å². The Morgan fingerprint density at radius 2 is 2.29 bits per heavy atom. The number of hydrogen-bond donors (Lipinski definition) is 2. The van der Waals surface area contributed by atoms with Crippen LogP contribution in [0.2, 0.25) is 0 Å². The van der Waals surface area contributed by atoms with Gasteiger partial charge < -0.3 is 10.1 Å². The third-order valence-corrected chi connectivity index (χ3v) is 2.48. The third kappa shape index (κ3) is 1.29. The number of imidazole rings is 1. The van der Waals surface area contributed by atoms with Crippen LogP contribution in [0.5, 0.6) is 0 Å². The number of rotatable bonds is 1. The fourth-order valence-corrected chi connectivity index (χ4v) is 1.80. The number of H-pyrrole nitrogens is 1. The van der Waals surface area contributed by atoms with Crippen molar-refractivity contribution in [2.45, 2.75) is 6.92 Å². The van der Waals surface area contributed by atoms with Crippen molar-refractivity contribution >= 4 is 32.9 Å². The van der Waals surface area contributed by atoms with Gasteiger partial charge in [0.15, 0.2) is 4.73 Å². The molecule has 2 rings (SSSR count). The summed E-state index contributed by atoms with van der Waals surface area (Å²) in [6.07, 6.45) is 0. The van der Waals surface area contributed by atoms with Crippen LogP contribution in [0.15, 0.2) is 16.9 Å². The molecule has 2 N–H and O–H groups in total. The molecule has 5 heteroatoms. The number of nitrogens with one attached hydrogen (secondary N) is 1. The predicted octanol–water partition coefficient (Wildman–Crippen LogP) is 2.33. The van der Waals surface area contributed by atoms with Gasteiger partial charge in [0.2, 0.25) is 0 Å². The van der Waals surface area contributed by atoms with E-state index in [1.807, 2.05) is 0 Å². The number of fused-ring (bicyclic) bond motifs is 1. The zero-order chi connectivity index (χ0) is 10.3. The largest absolute Gasteiger partial charge is 0.478 e. The van der Waals surface area contributed by atoms with Crippen molar-refractivity contribution in [3.63, 3.8) is 0 Å². The van der Waals surface area contributed by atoms with Gasteiger partial charge in [0.25, 0.3) is 0 Å². The van der Waals surface area contributed by atoms with Gasteiger partial charge in [-0.2, -0.15) is 0 Å². The number of aromatic nitrogens is 2. The van der Waals surface area contributed by atoms with E-state index in [-0.39, 0.29) is 5.56 Å². The number of aromatic amines is 1. The summed E-state index contributed by atoms with van der Waals surface area (Å²) in [6.45, 7) is 1.75. The molecule has 0 bridgehead atoms. The maximum absolute atomic E-state index is 10.8. The Morgan fingerprint density at radius 3 is 2.93 bits per heavy atom. The minimum Gasteiger partial charge on any atom is -0.478 e. The van der Waals surface area contributed by atoms with Crippen molar-refractivity contribution in [2.24, 2.45) is 0 Å². The van der Waals surface area contributed by atoms with E-state index >= 15 is 0 Å². The summed E-state index contributed by atoms with van der Waals surface area (Å²) in [7, 11) is 0. The summed E-state index contributed by atoms with van der Waals surface area (Å²) >= 11 is 3.21. The summed E-state index contributed by atoms with van der Waals surface area (Å²) in [5.74, 6) is -0.927. The lowest BCUT2D eigenvalue weighted by Crippen LogP contribution is -1.99. The Balaban J connectivity index is 2.80. The highest BCUT2D eigenvalue weighted by Crippen LogP contribution is 2.21. The van der Waals surface area contributed by atoms with Crippen molar-refractivity contribution in [1.29, 1.82) is 0 Å². The van der Waals surface area contributed by atoms with E-state index in [9.17, 15) is 4.79 Å². The van der Waals surface area contributed by atoms with Crippen molar-refractivity contribution < 1.29 is 9.90 Å². The lowest BCUT2D eigenvalue weighted by molar-refractivity contribution is 0.0696. The van der Waals surface area contributed by atoms with Crippen LogP contribution in [0.4, 0.5) is 0 Å². The second-order valence-corrected chi connectivity index (χ2v) is 3.72. The van der Waals surface area contributed by atoms with Gasteiger partial charge in [-0.05, 0) is 40.5 Å². The standard InChI is InChI=1S/C9H7BrN2O2/c1-4-5(8(13)14)2-3-6-7(4)12-9(10)11-6/h2-3H,1H3,(H,11,12)(H,13,14). The molecular weight excluding hydrogens is 248 g/mol. The van der Waals surface area contributed by atoms with Crippen LogP contribution < -0.4 is 0 Å². The van der Waals surface area contributed by atoms with Crippen molar-refractivity contribution in [1.82, 2.24) is 9.97 Å². The van der Waals surface area contributed by atoms with Gasteiger partial charge >= 0.3 is 5.97 Å². The topological polar surface area (TPSA) is 66.0 Å². The fourth-order valence-electron chi connectivity index (χ4n) is 1.41. The lowest BCUT2D eigenvalue weighted by atomic mass is 10.1. The highest BCUT2D eigenvalue weighted by molar-refractivity contribution is 9.10. The molecule has 0 spiro atoms. The monoisotopic (exact) mass is 254 g/mol. The molecule has 0 aliphatic rings. The average Bonchev–Trinajstić information content (AvgIpc) is 2.46. The molecule has 0 aliphatic carbocycles. The third-order valence-electron chi connectivity index (χ3n) is 2.11. The van der Waals surface area contributed by atoms with E-state index in [1.165, 1.54) is 0 Å². The molecule has 0 radical (unpaired) electrons. The summed E-state index contributed by atoms with van der Waals surface area (Å²) in [6, 6.07) is 3.29. The number of aromatic carboxylic acids is 1. The van der Waals surface area contributed by atoms with E-state index in [4.69, 9.17) is 5.11 Å². The first-order valence-corrected chi connectivity index (χ1v) is 4.77. The van der Waals surface area contributed by atoms with Gasteiger partial charge in [0.1, 0.15) is 0 Å². The van der Waals surface area contributed by atoms with E-state index in [0.29, 0.717) is 15.8 Å². The smallest absolute Gasteiger partial charge is 0.336 e. The Labute approximate surface area is 88.1 Å². The first kappa shape index (κ1) is 9.21. The van der Waals surface area contributed by atoms with Crippen molar-refractivity contribution in [2.75, 3.05) is 0 Å². The highest BCUT2D eigenvalue weighted by Gasteiger charge is 2.11. The quantitative estimate of drug-likeness (QED) is 0.821. The Morgan fingerprint density at radius 1 is 1.57 bits per heavy atom. The molecule has 0 fully saturated rings. The van der Waals surface area contributed by atoms with Gasteiger partial charge in [-0.3, -0.25) is 0 Å². The number of nitrogens with zero attached hydrogens (tertiary/aromatic N) is 1. The molecule has 14 heavy (non-hydrogen) atoms. The van der Waals surface area contributed by atoms with Crippen LogP contribution in [-0.4, -0.2) is 21.0 Å². The summed E-state index contributed by atoms with van der Waals surface area (Å²) in [5, 5.41) is 8.88. The maximum Gasteiger partial charge on any atom is 0.336 e. The van der Waals surface area contributed by atoms with Crippen LogP contribution in [0.25, 0.3) is 11.0 Å². The Kier molecular flexibility index (Phi) is 2.03. The molecule has 0 atom stereocenters. The van der Waals surface area contributed by atoms with Crippen LogP contribution in [0, 0.1) is 6.92 Å². The van der Waals surface area contributed by atoms with Gasteiger partial charge in [0.05, 0.1) is 16.6 Å². The number of aryl methyl sites for hydroxylation is 1. The minimum absolute atomic E-state index is 0.288. The lowest BCUT2D eigenvalue weighted by Gasteiger charge is -1.99. The van der Waals surface area contributed by atoms with Gasteiger partial charge in [-0.15, -0.1) is 0 Å². The second kappa shape index (κ2) is 3.09. The number of carbonyl (C=O) groups is 1. The van der Waals surface area contributed by atoms with E-state index in [1.54, 1.807) is 19.1 Å². The van der Waals surface area contributed by atoms with Gasteiger partial charge in [0, 0.05) is 0 Å². The number of halogens is 1. The average molecular weight is 255 g/mol. The maximum atomic E-state index is 10.8. The first-order chi connectivity index (χ1) is 6.59. The number of carboxylic acids is 1. The molecule has 2 aromatic rings. The molecule has 0 saturated carbocycles. The molecule has 1 aromatic heterocycles. The van der Waals surface area contributed by atoms with Crippen LogP contribution in [-0.2, 0) is 0 Å². The summed E-state index contributed by atoms with van der Waals surface area (Å²) < 4.78 is 0.609. The molecular formula is C9H7BrN2O2.